The standard InChI is InChI=1S/C15H19FN2/c1-11-3-4-12(2)15(9-11,10-17)18-14-7-5-13(16)6-8-14/h5-8,11-12,18H,3-4,9H2,1-2H3. The zero-order chi connectivity index (χ0) is 13.2. The van der Waals surface area contributed by atoms with E-state index >= 15 is 0 Å². The Kier molecular flexibility index (Phi) is 3.56. The van der Waals surface area contributed by atoms with Crippen LogP contribution in [-0.2, 0) is 0 Å². The molecule has 0 amide bonds. The van der Waals surface area contributed by atoms with Crippen molar-refractivity contribution in [3.63, 3.8) is 0 Å². The molecule has 1 saturated carbocycles. The molecule has 2 nitrogen and oxygen atoms in total. The summed E-state index contributed by atoms with van der Waals surface area (Å²) in [5, 5.41) is 12.9. The van der Waals surface area contributed by atoms with Gasteiger partial charge in [-0.05, 0) is 48.9 Å². The van der Waals surface area contributed by atoms with Crippen LogP contribution in [0.3, 0.4) is 0 Å². The van der Waals surface area contributed by atoms with Crippen LogP contribution in [0.1, 0.15) is 33.1 Å². The molecule has 3 atom stereocenters. The van der Waals surface area contributed by atoms with Gasteiger partial charge in [-0.15, -0.1) is 0 Å². The van der Waals surface area contributed by atoms with Crippen LogP contribution >= 0.6 is 0 Å². The van der Waals surface area contributed by atoms with Crippen molar-refractivity contribution < 1.29 is 4.39 Å². The van der Waals surface area contributed by atoms with Crippen molar-refractivity contribution in [1.29, 1.82) is 5.26 Å². The molecule has 1 aromatic carbocycles. The third-order valence-corrected chi connectivity index (χ3v) is 4.02. The minimum Gasteiger partial charge on any atom is -0.367 e. The van der Waals surface area contributed by atoms with Crippen LogP contribution < -0.4 is 5.32 Å². The molecule has 3 unspecified atom stereocenters. The van der Waals surface area contributed by atoms with Crippen LogP contribution in [0.25, 0.3) is 0 Å². The smallest absolute Gasteiger partial charge is 0.128 e. The van der Waals surface area contributed by atoms with Crippen LogP contribution in [0.15, 0.2) is 24.3 Å². The largest absolute Gasteiger partial charge is 0.367 e. The fourth-order valence-electron chi connectivity index (χ4n) is 2.78. The maximum Gasteiger partial charge on any atom is 0.128 e. The Balaban J connectivity index is 2.22. The second-order valence-corrected chi connectivity index (χ2v) is 5.50. The Morgan fingerprint density at radius 3 is 2.56 bits per heavy atom. The molecule has 1 aliphatic rings. The number of benzene rings is 1. The van der Waals surface area contributed by atoms with Gasteiger partial charge in [0.2, 0.25) is 0 Å². The zero-order valence-corrected chi connectivity index (χ0v) is 10.9. The lowest BCUT2D eigenvalue weighted by atomic mass is 9.70. The van der Waals surface area contributed by atoms with Gasteiger partial charge >= 0.3 is 0 Å². The number of anilines is 1. The average molecular weight is 246 g/mol. The Labute approximate surface area is 108 Å². The molecule has 0 saturated heterocycles. The predicted octanol–water partition coefficient (Wildman–Crippen LogP) is 3.96. The highest BCUT2D eigenvalue weighted by atomic mass is 19.1. The van der Waals surface area contributed by atoms with Crippen molar-refractivity contribution in [3.8, 4) is 6.07 Å². The number of hydrogen-bond acceptors (Lipinski definition) is 2. The van der Waals surface area contributed by atoms with Gasteiger partial charge in [-0.2, -0.15) is 5.26 Å². The molecule has 0 aliphatic heterocycles. The molecule has 3 heteroatoms. The van der Waals surface area contributed by atoms with Gasteiger partial charge in [0.25, 0.3) is 0 Å². The van der Waals surface area contributed by atoms with Crippen LogP contribution in [0, 0.1) is 29.0 Å². The second-order valence-electron chi connectivity index (χ2n) is 5.50. The molecule has 96 valence electrons. The second kappa shape index (κ2) is 4.97. The van der Waals surface area contributed by atoms with Gasteiger partial charge < -0.3 is 5.32 Å². The quantitative estimate of drug-likeness (QED) is 0.857. The summed E-state index contributed by atoms with van der Waals surface area (Å²) in [5.74, 6) is 0.606. The lowest BCUT2D eigenvalue weighted by Gasteiger charge is -2.41. The highest BCUT2D eigenvalue weighted by Crippen LogP contribution is 2.38. The Morgan fingerprint density at radius 2 is 1.94 bits per heavy atom. The summed E-state index contributed by atoms with van der Waals surface area (Å²) in [7, 11) is 0. The molecule has 1 fully saturated rings. The van der Waals surface area contributed by atoms with E-state index in [0.29, 0.717) is 11.8 Å². The van der Waals surface area contributed by atoms with Crippen LogP contribution in [0.4, 0.5) is 10.1 Å². The van der Waals surface area contributed by atoms with Crippen molar-refractivity contribution in [3.05, 3.63) is 30.1 Å². The summed E-state index contributed by atoms with van der Waals surface area (Å²) >= 11 is 0. The van der Waals surface area contributed by atoms with E-state index in [2.05, 4.69) is 25.2 Å². The molecule has 0 radical (unpaired) electrons. The molecule has 0 spiro atoms. The van der Waals surface area contributed by atoms with Crippen molar-refractivity contribution in [1.82, 2.24) is 0 Å². The first-order valence-electron chi connectivity index (χ1n) is 6.51. The lowest BCUT2D eigenvalue weighted by Crippen LogP contribution is -2.47. The molecule has 1 aromatic rings. The van der Waals surface area contributed by atoms with Crippen LogP contribution in [-0.4, -0.2) is 5.54 Å². The first kappa shape index (κ1) is 12.9. The fourth-order valence-corrected chi connectivity index (χ4v) is 2.78. The third-order valence-electron chi connectivity index (χ3n) is 4.02. The van der Waals surface area contributed by atoms with E-state index in [1.54, 1.807) is 12.1 Å². The summed E-state index contributed by atoms with van der Waals surface area (Å²) in [4.78, 5) is 0. The van der Waals surface area contributed by atoms with Crippen molar-refractivity contribution in [2.75, 3.05) is 5.32 Å². The normalized spacial score (nSPS) is 31.7. The number of rotatable bonds is 2. The summed E-state index contributed by atoms with van der Waals surface area (Å²) in [6.07, 6.45) is 3.08. The van der Waals surface area contributed by atoms with E-state index in [9.17, 15) is 9.65 Å². The molecule has 0 aromatic heterocycles. The summed E-state index contributed by atoms with van der Waals surface area (Å²) < 4.78 is 12.9. The van der Waals surface area contributed by atoms with Gasteiger partial charge in [0.1, 0.15) is 11.4 Å². The monoisotopic (exact) mass is 246 g/mol. The summed E-state index contributed by atoms with van der Waals surface area (Å²) in [6.45, 7) is 4.30. The van der Waals surface area contributed by atoms with Crippen LogP contribution in [0.2, 0.25) is 0 Å². The average Bonchev–Trinajstić information content (AvgIpc) is 2.37. The SMILES string of the molecule is CC1CCC(C)C(C#N)(Nc2ccc(F)cc2)C1. The maximum absolute atomic E-state index is 12.9. The van der Waals surface area contributed by atoms with Gasteiger partial charge in [0, 0.05) is 5.69 Å². The van der Waals surface area contributed by atoms with Crippen LogP contribution in [0.5, 0.6) is 0 Å². The van der Waals surface area contributed by atoms with Crippen molar-refractivity contribution in [2.24, 2.45) is 11.8 Å². The molecule has 1 N–H and O–H groups in total. The van der Waals surface area contributed by atoms with Gasteiger partial charge in [-0.25, -0.2) is 4.39 Å². The Morgan fingerprint density at radius 1 is 1.28 bits per heavy atom. The van der Waals surface area contributed by atoms with E-state index in [-0.39, 0.29) is 5.82 Å². The van der Waals surface area contributed by atoms with E-state index in [1.807, 2.05) is 0 Å². The minimum absolute atomic E-state index is 0.253. The third kappa shape index (κ3) is 2.48. The first-order valence-corrected chi connectivity index (χ1v) is 6.51. The molecule has 0 bridgehead atoms. The highest BCUT2D eigenvalue weighted by molar-refractivity contribution is 5.48. The molecule has 18 heavy (non-hydrogen) atoms. The van der Waals surface area contributed by atoms with Crippen molar-refractivity contribution in [2.45, 2.75) is 38.6 Å². The van der Waals surface area contributed by atoms with E-state index in [4.69, 9.17) is 0 Å². The van der Waals surface area contributed by atoms with E-state index in [0.717, 1.165) is 18.5 Å². The van der Waals surface area contributed by atoms with Gasteiger partial charge in [-0.3, -0.25) is 0 Å². The Bertz CT molecular complexity index is 449. The van der Waals surface area contributed by atoms with Gasteiger partial charge in [0.15, 0.2) is 0 Å². The number of nitrogens with one attached hydrogen (secondary N) is 1. The summed E-state index contributed by atoms with van der Waals surface area (Å²) in [6, 6.07) is 8.69. The first-order chi connectivity index (χ1) is 8.55. The Hall–Kier alpha value is -1.56. The molecular weight excluding hydrogens is 227 g/mol. The highest BCUT2D eigenvalue weighted by Gasteiger charge is 2.40. The van der Waals surface area contributed by atoms with E-state index in [1.165, 1.54) is 18.6 Å². The maximum atomic E-state index is 12.9. The van der Waals surface area contributed by atoms with E-state index < -0.39 is 5.54 Å². The number of nitriles is 1. The number of halogens is 1. The molecular formula is C15H19FN2. The molecule has 0 heterocycles. The number of nitrogens with zero attached hydrogens (tertiary/aromatic N) is 1. The molecule has 1 aliphatic carbocycles. The lowest BCUT2D eigenvalue weighted by molar-refractivity contribution is 0.229. The van der Waals surface area contributed by atoms with Gasteiger partial charge in [0.05, 0.1) is 6.07 Å². The minimum atomic E-state index is -0.518. The summed E-state index contributed by atoms with van der Waals surface area (Å²) in [5.41, 5.74) is 0.300. The number of hydrogen-bond donors (Lipinski definition) is 1. The molecule has 2 rings (SSSR count). The van der Waals surface area contributed by atoms with Gasteiger partial charge in [-0.1, -0.05) is 20.3 Å². The predicted molar refractivity (Wildman–Crippen MR) is 70.5 cm³/mol. The topological polar surface area (TPSA) is 35.8 Å². The fraction of sp³-hybridized carbons (Fsp3) is 0.533. The van der Waals surface area contributed by atoms with Crippen molar-refractivity contribution >= 4 is 5.69 Å². The zero-order valence-electron chi connectivity index (χ0n) is 10.9.